The van der Waals surface area contributed by atoms with Crippen LogP contribution in [0.4, 0.5) is 11.4 Å². The minimum Gasteiger partial charge on any atom is -0.331 e. The van der Waals surface area contributed by atoms with E-state index in [0.29, 0.717) is 6.42 Å². The SMILES string of the molecule is CCC(C(=O)NNC(=S)Nc1ccccc1)C(=O)NNC(=S)Nc1ccccc1. The molecule has 2 rings (SSSR count). The number of benzene rings is 2. The maximum absolute atomic E-state index is 12.3. The summed E-state index contributed by atoms with van der Waals surface area (Å²) >= 11 is 10.2. The second-order valence-corrected chi connectivity index (χ2v) is 6.65. The Balaban J connectivity index is 1.76. The largest absolute Gasteiger partial charge is 0.331 e. The van der Waals surface area contributed by atoms with Crippen molar-refractivity contribution in [3.63, 3.8) is 0 Å². The lowest BCUT2D eigenvalue weighted by molar-refractivity contribution is -0.136. The van der Waals surface area contributed by atoms with Crippen LogP contribution in [0.3, 0.4) is 0 Å². The van der Waals surface area contributed by atoms with E-state index < -0.39 is 17.7 Å². The van der Waals surface area contributed by atoms with Crippen molar-refractivity contribution in [2.45, 2.75) is 13.3 Å². The Kier molecular flexibility index (Phi) is 8.80. The highest BCUT2D eigenvalue weighted by Gasteiger charge is 2.25. The topological polar surface area (TPSA) is 106 Å². The number of thiocarbonyl (C=S) groups is 2. The Morgan fingerprint density at radius 3 is 1.45 bits per heavy atom. The fraction of sp³-hybridized carbons (Fsp3) is 0.158. The second-order valence-electron chi connectivity index (χ2n) is 5.83. The van der Waals surface area contributed by atoms with Crippen LogP contribution in [0, 0.1) is 5.92 Å². The molecule has 0 unspecified atom stereocenters. The van der Waals surface area contributed by atoms with Crippen molar-refractivity contribution in [1.82, 2.24) is 21.7 Å². The molecule has 29 heavy (non-hydrogen) atoms. The Morgan fingerprint density at radius 2 is 1.10 bits per heavy atom. The van der Waals surface area contributed by atoms with Crippen molar-refractivity contribution in [2.24, 2.45) is 5.92 Å². The van der Waals surface area contributed by atoms with Gasteiger partial charge in [0.2, 0.25) is 0 Å². The summed E-state index contributed by atoms with van der Waals surface area (Å²) in [7, 11) is 0. The highest BCUT2D eigenvalue weighted by molar-refractivity contribution is 7.80. The van der Waals surface area contributed by atoms with E-state index in [2.05, 4.69) is 32.3 Å². The first kappa shape index (κ1) is 22.1. The Morgan fingerprint density at radius 1 is 0.724 bits per heavy atom. The predicted molar refractivity (Wildman–Crippen MR) is 122 cm³/mol. The molecule has 152 valence electrons. The van der Waals surface area contributed by atoms with Crippen LogP contribution in [0.5, 0.6) is 0 Å². The van der Waals surface area contributed by atoms with E-state index in [0.717, 1.165) is 11.4 Å². The molecule has 0 atom stereocenters. The molecule has 0 aliphatic heterocycles. The molecule has 0 saturated heterocycles. The average molecular weight is 431 g/mol. The molecular formula is C19H22N6O2S2. The minimum absolute atomic E-state index is 0.200. The Labute approximate surface area is 179 Å². The first-order valence-electron chi connectivity index (χ1n) is 8.83. The summed E-state index contributed by atoms with van der Waals surface area (Å²) in [5.41, 5.74) is 11.6. The van der Waals surface area contributed by atoms with Gasteiger partial charge in [-0.1, -0.05) is 43.3 Å². The second kappa shape index (κ2) is 11.6. The van der Waals surface area contributed by atoms with Gasteiger partial charge in [-0.15, -0.1) is 0 Å². The van der Waals surface area contributed by atoms with Crippen LogP contribution in [-0.4, -0.2) is 22.0 Å². The van der Waals surface area contributed by atoms with Gasteiger partial charge in [0.25, 0.3) is 11.8 Å². The van der Waals surface area contributed by atoms with E-state index in [1.165, 1.54) is 0 Å². The van der Waals surface area contributed by atoms with Crippen LogP contribution in [-0.2, 0) is 9.59 Å². The third kappa shape index (κ3) is 7.72. The zero-order valence-electron chi connectivity index (χ0n) is 15.7. The molecule has 6 N–H and O–H groups in total. The molecule has 0 fully saturated rings. The molecule has 2 amide bonds. The van der Waals surface area contributed by atoms with Gasteiger partial charge in [-0.25, -0.2) is 0 Å². The molecule has 0 aliphatic rings. The Bertz CT molecular complexity index is 779. The molecule has 0 heterocycles. The van der Waals surface area contributed by atoms with E-state index in [4.69, 9.17) is 24.4 Å². The van der Waals surface area contributed by atoms with Gasteiger partial charge in [-0.05, 0) is 55.1 Å². The van der Waals surface area contributed by atoms with Gasteiger partial charge >= 0.3 is 0 Å². The maximum Gasteiger partial charge on any atom is 0.250 e. The number of hydrazine groups is 2. The van der Waals surface area contributed by atoms with Crippen molar-refractivity contribution < 1.29 is 9.59 Å². The fourth-order valence-electron chi connectivity index (χ4n) is 2.27. The van der Waals surface area contributed by atoms with Crippen LogP contribution in [0.2, 0.25) is 0 Å². The molecule has 8 nitrogen and oxygen atoms in total. The van der Waals surface area contributed by atoms with E-state index in [-0.39, 0.29) is 10.2 Å². The number of rotatable bonds is 5. The molecule has 10 heteroatoms. The normalized spacial score (nSPS) is 9.86. The lowest BCUT2D eigenvalue weighted by Crippen LogP contribution is -2.52. The number of carbonyl (C=O) groups is 2. The third-order valence-corrected chi connectivity index (χ3v) is 4.11. The number of hydrogen-bond donors (Lipinski definition) is 6. The molecule has 2 aromatic carbocycles. The summed E-state index contributed by atoms with van der Waals surface area (Å²) in [6.07, 6.45) is 0.290. The number of nitrogens with one attached hydrogen (secondary N) is 6. The highest BCUT2D eigenvalue weighted by Crippen LogP contribution is 2.06. The maximum atomic E-state index is 12.3. The summed E-state index contributed by atoms with van der Waals surface area (Å²) < 4.78 is 0. The summed E-state index contributed by atoms with van der Waals surface area (Å²) in [5.74, 6) is -1.98. The van der Waals surface area contributed by atoms with Crippen LogP contribution in [0.1, 0.15) is 13.3 Å². The van der Waals surface area contributed by atoms with Crippen molar-refractivity contribution in [3.8, 4) is 0 Å². The van der Waals surface area contributed by atoms with E-state index in [9.17, 15) is 9.59 Å². The fourth-order valence-corrected chi connectivity index (χ4v) is 2.61. The summed E-state index contributed by atoms with van der Waals surface area (Å²) in [5, 5.41) is 6.23. The van der Waals surface area contributed by atoms with Gasteiger partial charge in [-0.3, -0.25) is 31.3 Å². The van der Waals surface area contributed by atoms with Gasteiger partial charge in [-0.2, -0.15) is 0 Å². The van der Waals surface area contributed by atoms with Crippen molar-refractivity contribution in [1.29, 1.82) is 0 Å². The Hall–Kier alpha value is -3.24. The third-order valence-electron chi connectivity index (χ3n) is 3.70. The number of hydrogen-bond acceptors (Lipinski definition) is 4. The van der Waals surface area contributed by atoms with Crippen LogP contribution >= 0.6 is 24.4 Å². The summed E-state index contributed by atoms with van der Waals surface area (Å²) in [4.78, 5) is 24.6. The lowest BCUT2D eigenvalue weighted by atomic mass is 10.1. The van der Waals surface area contributed by atoms with Crippen LogP contribution in [0.25, 0.3) is 0 Å². The van der Waals surface area contributed by atoms with Crippen LogP contribution in [0.15, 0.2) is 60.7 Å². The monoisotopic (exact) mass is 430 g/mol. The molecule has 0 radical (unpaired) electrons. The zero-order valence-corrected chi connectivity index (χ0v) is 17.3. The lowest BCUT2D eigenvalue weighted by Gasteiger charge is -2.18. The van der Waals surface area contributed by atoms with E-state index >= 15 is 0 Å². The summed E-state index contributed by atoms with van der Waals surface area (Å²) in [6.45, 7) is 1.73. The van der Waals surface area contributed by atoms with Gasteiger partial charge in [0.05, 0.1) is 0 Å². The highest BCUT2D eigenvalue weighted by atomic mass is 32.1. The molecule has 0 bridgehead atoms. The van der Waals surface area contributed by atoms with Crippen molar-refractivity contribution >= 4 is 57.8 Å². The first-order valence-corrected chi connectivity index (χ1v) is 9.65. The molecule has 2 aromatic rings. The van der Waals surface area contributed by atoms with Crippen molar-refractivity contribution in [3.05, 3.63) is 60.7 Å². The van der Waals surface area contributed by atoms with Crippen LogP contribution < -0.4 is 32.3 Å². The zero-order chi connectivity index (χ0) is 21.1. The number of amides is 2. The quantitative estimate of drug-likeness (QED) is 0.243. The first-order chi connectivity index (χ1) is 14.0. The molecule has 0 spiro atoms. The molecular weight excluding hydrogens is 408 g/mol. The van der Waals surface area contributed by atoms with E-state index in [1.54, 1.807) is 6.92 Å². The molecule has 0 saturated carbocycles. The van der Waals surface area contributed by atoms with Gasteiger partial charge in [0.15, 0.2) is 10.2 Å². The van der Waals surface area contributed by atoms with Gasteiger partial charge < -0.3 is 10.6 Å². The number of anilines is 2. The standard InChI is InChI=1S/C19H22N6O2S2/c1-2-15(16(26)22-24-18(28)20-13-9-5-3-6-10-13)17(27)23-25-19(29)21-14-11-7-4-8-12-14/h3-12,15H,2H2,1H3,(H,22,26)(H,23,27)(H2,20,24,28)(H2,21,25,29). The number of para-hydroxylation sites is 2. The number of carbonyl (C=O) groups excluding carboxylic acids is 2. The van der Waals surface area contributed by atoms with E-state index in [1.807, 2.05) is 60.7 Å². The predicted octanol–water partition coefficient (Wildman–Crippen LogP) is 2.05. The van der Waals surface area contributed by atoms with Crippen molar-refractivity contribution in [2.75, 3.05) is 10.6 Å². The van der Waals surface area contributed by atoms with Gasteiger partial charge in [0, 0.05) is 11.4 Å². The van der Waals surface area contributed by atoms with Gasteiger partial charge in [0.1, 0.15) is 5.92 Å². The molecule has 0 aliphatic carbocycles. The molecule has 0 aromatic heterocycles. The minimum atomic E-state index is -0.936. The smallest absolute Gasteiger partial charge is 0.250 e. The average Bonchev–Trinajstić information content (AvgIpc) is 2.73. The summed E-state index contributed by atoms with van der Waals surface area (Å²) in [6, 6.07) is 18.5.